The number of likely N-dealkylation sites (N-methyl/N-ethyl adjacent to an activating group) is 1. The van der Waals surface area contributed by atoms with E-state index in [1.165, 1.54) is 6.92 Å². The number of nitrogens with one attached hydrogen (secondary N) is 2. The number of aromatic nitrogens is 4. The Balaban J connectivity index is 1.41. The summed E-state index contributed by atoms with van der Waals surface area (Å²) in [6.07, 6.45) is -1.21. The summed E-state index contributed by atoms with van der Waals surface area (Å²) >= 11 is 0. The van der Waals surface area contributed by atoms with Crippen molar-refractivity contribution in [1.82, 2.24) is 35.7 Å². The van der Waals surface area contributed by atoms with Crippen LogP contribution in [-0.2, 0) is 49.3 Å². The molecule has 0 spiro atoms. The largest absolute Gasteiger partial charge is 0.458 e. The first kappa shape index (κ1) is 49.2. The quantitative estimate of drug-likeness (QED) is 0.131. The average Bonchev–Trinajstić information content (AvgIpc) is 3.85. The number of nitrogens with zero attached hydrogens (tertiary/aromatic N) is 5. The topological polar surface area (TPSA) is 187 Å². The number of benzene rings is 1. The molecule has 64 heavy (non-hydrogen) atoms. The maximum absolute atomic E-state index is 14.5. The molecule has 1 aromatic carbocycles. The van der Waals surface area contributed by atoms with Gasteiger partial charge < -0.3 is 48.7 Å². The van der Waals surface area contributed by atoms with Gasteiger partial charge in [0.1, 0.15) is 6.10 Å². The molecule has 2 bridgehead atoms. The first-order chi connectivity index (χ1) is 30.4. The monoisotopic (exact) mass is 894 g/mol. The summed E-state index contributed by atoms with van der Waals surface area (Å²) in [5.41, 5.74) is 0.388. The van der Waals surface area contributed by atoms with E-state index >= 15 is 0 Å². The van der Waals surface area contributed by atoms with Gasteiger partial charge in [0.15, 0.2) is 23.8 Å². The number of ether oxygens (including phenoxy) is 7. The van der Waals surface area contributed by atoms with Crippen LogP contribution in [0.3, 0.4) is 0 Å². The molecule has 4 aliphatic rings. The van der Waals surface area contributed by atoms with E-state index in [1.54, 1.807) is 11.6 Å². The highest BCUT2D eigenvalue weighted by atomic mass is 16.7. The molecule has 1 aromatic heterocycles. The number of carbonyl (C=O) groups excluding carboxylic acids is 3. The molecule has 14 atom stereocenters. The maximum atomic E-state index is 14.5. The van der Waals surface area contributed by atoms with Gasteiger partial charge in [0.25, 0.3) is 0 Å². The standard InChI is InChI=1S/C47H71N7O10/c1-13-37-47(10)40(49-45(57)64-47)30(5)35(19-20-48-21-22-54-42(50-51-52-54)34-17-15-14-16-18-34)28(3)24-46(9)41(31(6)38(32(7)43(56)62-37)58-25-27(2)26-59-46)63-44-39(61-33(8)55)36(53(11)12)23-29(4)60-44/h14-19,28-32,36-41,44,48H,2,13,20-26H2,1,3-12H3,(H,49,57)/b35-19+/t28-,29-,30+,31+,32-,36+,37-,38?,39-,40?,41-,44?,46-,47-/m1/s1. The number of hydrogen-bond acceptors (Lipinski definition) is 15. The summed E-state index contributed by atoms with van der Waals surface area (Å²) in [5.74, 6) is -2.04. The number of rotatable bonds is 11. The van der Waals surface area contributed by atoms with Gasteiger partial charge in [0, 0.05) is 37.4 Å². The van der Waals surface area contributed by atoms with Crippen molar-refractivity contribution in [2.45, 2.75) is 148 Å². The third-order valence-electron chi connectivity index (χ3n) is 13.7. The summed E-state index contributed by atoms with van der Waals surface area (Å²) in [5, 5.41) is 19.1. The normalized spacial score (nSPS) is 37.1. The summed E-state index contributed by atoms with van der Waals surface area (Å²) in [6, 6.07) is 9.04. The molecule has 2 N–H and O–H groups in total. The first-order valence-electron chi connectivity index (χ1n) is 22.9. The Morgan fingerprint density at radius 3 is 2.52 bits per heavy atom. The highest BCUT2D eigenvalue weighted by Crippen LogP contribution is 2.44. The molecule has 17 nitrogen and oxygen atoms in total. The Hall–Kier alpha value is -4.26. The fourth-order valence-corrected chi connectivity index (χ4v) is 10.4. The van der Waals surface area contributed by atoms with Crippen LogP contribution in [0.4, 0.5) is 4.79 Å². The first-order valence-corrected chi connectivity index (χ1v) is 22.9. The van der Waals surface area contributed by atoms with Gasteiger partial charge in [-0.05, 0) is 83.0 Å². The average molecular weight is 894 g/mol. The number of hydrogen-bond donors (Lipinski definition) is 2. The van der Waals surface area contributed by atoms with Crippen molar-refractivity contribution in [1.29, 1.82) is 0 Å². The van der Waals surface area contributed by atoms with Crippen LogP contribution >= 0.6 is 0 Å². The fraction of sp³-hybridized carbons (Fsp3) is 0.702. The molecule has 354 valence electrons. The van der Waals surface area contributed by atoms with Crippen LogP contribution in [0.1, 0.15) is 81.6 Å². The number of esters is 2. The Kier molecular flexibility index (Phi) is 16.1. The molecule has 4 fully saturated rings. The third-order valence-corrected chi connectivity index (χ3v) is 13.7. The second-order valence-corrected chi connectivity index (χ2v) is 18.9. The summed E-state index contributed by atoms with van der Waals surface area (Å²) in [4.78, 5) is 42.5. The second kappa shape index (κ2) is 20.9. The van der Waals surface area contributed by atoms with Crippen LogP contribution in [0.2, 0.25) is 0 Å². The van der Waals surface area contributed by atoms with Crippen LogP contribution in [0, 0.1) is 23.7 Å². The van der Waals surface area contributed by atoms with E-state index in [-0.39, 0.29) is 37.2 Å². The minimum atomic E-state index is -1.20. The van der Waals surface area contributed by atoms with Crippen molar-refractivity contribution < 1.29 is 47.5 Å². The minimum absolute atomic E-state index is 0.143. The maximum Gasteiger partial charge on any atom is 0.408 e. The Bertz CT molecular complexity index is 1960. The van der Waals surface area contributed by atoms with Gasteiger partial charge in [0.05, 0.1) is 61.7 Å². The molecular weight excluding hydrogens is 823 g/mol. The number of alkyl carbamates (subject to hydrolysis) is 1. The molecule has 0 radical (unpaired) electrons. The van der Waals surface area contributed by atoms with Crippen molar-refractivity contribution in [3.63, 3.8) is 0 Å². The number of cyclic esters (lactones) is 1. The summed E-state index contributed by atoms with van der Waals surface area (Å²) in [6.45, 7) is 23.4. The predicted octanol–water partition coefficient (Wildman–Crippen LogP) is 5.11. The zero-order valence-electron chi connectivity index (χ0n) is 39.6. The van der Waals surface area contributed by atoms with E-state index in [9.17, 15) is 14.4 Å². The van der Waals surface area contributed by atoms with Gasteiger partial charge in [-0.2, -0.15) is 0 Å². The smallest absolute Gasteiger partial charge is 0.408 e. The summed E-state index contributed by atoms with van der Waals surface area (Å²) < 4.78 is 47.7. The predicted molar refractivity (Wildman–Crippen MR) is 238 cm³/mol. The highest BCUT2D eigenvalue weighted by molar-refractivity contribution is 5.74. The SMILES string of the molecule is C=C1COC2[C@@H](C)C(=O)O[C@H](CC)[C@@]3(C)OC(=O)NC3[C@@H](C)/C(=C/CNCCn3nnnc3-c3ccccc3)[C@H](C)C[C@@](C)(OC1)[C@H](OC1O[C@H](C)C[C@H](N(C)C)[C@H]1OC(C)=O)[C@H]2C. The van der Waals surface area contributed by atoms with Crippen LogP contribution < -0.4 is 10.6 Å². The Morgan fingerprint density at radius 1 is 1.09 bits per heavy atom. The van der Waals surface area contributed by atoms with Crippen molar-refractivity contribution in [3.05, 3.63) is 54.1 Å². The molecule has 4 saturated heterocycles. The minimum Gasteiger partial charge on any atom is -0.458 e. The van der Waals surface area contributed by atoms with E-state index in [4.69, 9.17) is 33.2 Å². The van der Waals surface area contributed by atoms with E-state index in [2.05, 4.69) is 52.7 Å². The zero-order valence-corrected chi connectivity index (χ0v) is 39.6. The van der Waals surface area contributed by atoms with E-state index in [0.717, 1.165) is 11.1 Å². The van der Waals surface area contributed by atoms with E-state index < -0.39 is 77.8 Å². The zero-order chi connectivity index (χ0) is 46.5. The van der Waals surface area contributed by atoms with E-state index in [1.807, 2.05) is 83.9 Å². The lowest BCUT2D eigenvalue weighted by Gasteiger charge is -2.49. The molecule has 6 rings (SSSR count). The molecule has 0 saturated carbocycles. The molecule has 0 aliphatic carbocycles. The number of tetrazole rings is 1. The molecule has 17 heteroatoms. The van der Waals surface area contributed by atoms with Crippen LogP contribution in [0.15, 0.2) is 54.1 Å². The lowest BCUT2D eigenvalue weighted by molar-refractivity contribution is -0.304. The highest BCUT2D eigenvalue weighted by Gasteiger charge is 2.57. The molecule has 1 amide bonds. The summed E-state index contributed by atoms with van der Waals surface area (Å²) in [7, 11) is 3.90. The Labute approximate surface area is 378 Å². The third kappa shape index (κ3) is 10.9. The van der Waals surface area contributed by atoms with Crippen molar-refractivity contribution in [2.24, 2.45) is 23.7 Å². The van der Waals surface area contributed by atoms with E-state index in [0.29, 0.717) is 50.3 Å². The van der Waals surface area contributed by atoms with Gasteiger partial charge in [-0.15, -0.1) is 5.10 Å². The van der Waals surface area contributed by atoms with Gasteiger partial charge in [-0.25, -0.2) is 9.48 Å². The Morgan fingerprint density at radius 2 is 1.83 bits per heavy atom. The van der Waals surface area contributed by atoms with Crippen LogP contribution in [-0.4, -0.2) is 144 Å². The molecule has 2 aromatic rings. The molecule has 5 heterocycles. The number of fused-ring (bicyclic) bond motifs is 4. The van der Waals surface area contributed by atoms with Gasteiger partial charge >= 0.3 is 18.0 Å². The molecular formula is C47H71N7O10. The van der Waals surface area contributed by atoms with Crippen LogP contribution in [0.25, 0.3) is 11.4 Å². The fourth-order valence-electron chi connectivity index (χ4n) is 10.4. The van der Waals surface area contributed by atoms with Crippen molar-refractivity contribution in [2.75, 3.05) is 40.4 Å². The molecule has 4 aliphatic heterocycles. The second-order valence-electron chi connectivity index (χ2n) is 18.9. The van der Waals surface area contributed by atoms with Crippen molar-refractivity contribution in [3.8, 4) is 11.4 Å². The number of carbonyl (C=O) groups is 3. The lowest BCUT2D eigenvalue weighted by Crippen LogP contribution is -2.61. The molecule has 3 unspecified atom stereocenters. The van der Waals surface area contributed by atoms with Crippen LogP contribution in [0.5, 0.6) is 0 Å². The van der Waals surface area contributed by atoms with Gasteiger partial charge in [-0.3, -0.25) is 9.59 Å². The number of amides is 1. The van der Waals surface area contributed by atoms with Gasteiger partial charge in [0.2, 0.25) is 0 Å². The van der Waals surface area contributed by atoms with Gasteiger partial charge in [-0.1, -0.05) is 76.3 Å². The van der Waals surface area contributed by atoms with Crippen molar-refractivity contribution >= 4 is 18.0 Å². The lowest BCUT2D eigenvalue weighted by atomic mass is 9.71.